The fourth-order valence-electron chi connectivity index (χ4n) is 3.36. The van der Waals surface area contributed by atoms with Crippen LogP contribution in [0.1, 0.15) is 27.7 Å². The fraction of sp³-hybridized carbons (Fsp3) is 0.190. The first kappa shape index (κ1) is 19.2. The summed E-state index contributed by atoms with van der Waals surface area (Å²) in [5.74, 6) is -0.282. The molecule has 7 nitrogen and oxygen atoms in total. The monoisotopic (exact) mass is 410 g/mol. The van der Waals surface area contributed by atoms with Crippen LogP contribution >= 0.6 is 11.6 Å². The third-order valence-electron chi connectivity index (χ3n) is 4.79. The van der Waals surface area contributed by atoms with Gasteiger partial charge in [-0.15, -0.1) is 0 Å². The van der Waals surface area contributed by atoms with Gasteiger partial charge in [-0.05, 0) is 47.4 Å². The molecule has 1 aliphatic rings. The van der Waals surface area contributed by atoms with E-state index in [0.717, 1.165) is 16.7 Å². The summed E-state index contributed by atoms with van der Waals surface area (Å²) in [5, 5.41) is 23.3. The lowest BCUT2D eigenvalue weighted by Crippen LogP contribution is -2.08. The minimum Gasteiger partial charge on any atom is -0.478 e. The van der Waals surface area contributed by atoms with Crippen molar-refractivity contribution in [3.8, 4) is 11.1 Å². The highest BCUT2D eigenvalue weighted by molar-refractivity contribution is 6.30. The molecule has 0 radical (unpaired) electrons. The summed E-state index contributed by atoms with van der Waals surface area (Å²) < 4.78 is 1.89. The molecule has 0 saturated heterocycles. The number of hydrogen-bond donors (Lipinski definition) is 3. The van der Waals surface area contributed by atoms with Crippen LogP contribution in [0.25, 0.3) is 11.1 Å². The highest BCUT2D eigenvalue weighted by Gasteiger charge is 2.20. The summed E-state index contributed by atoms with van der Waals surface area (Å²) in [6.07, 6.45) is 3.06. The van der Waals surface area contributed by atoms with Crippen LogP contribution in [0.5, 0.6) is 0 Å². The molecule has 148 valence electrons. The van der Waals surface area contributed by atoms with Gasteiger partial charge in [-0.1, -0.05) is 29.8 Å². The molecule has 2 aromatic carbocycles. The van der Waals surface area contributed by atoms with E-state index in [9.17, 15) is 15.0 Å². The Hall–Kier alpha value is -3.16. The lowest BCUT2D eigenvalue weighted by atomic mass is 9.98. The number of carboxylic acids is 1. The molecule has 1 aliphatic heterocycles. The van der Waals surface area contributed by atoms with Crippen LogP contribution in [0, 0.1) is 0 Å². The Balaban J connectivity index is 1.62. The molecular formula is C21H19ClN4O3. The first-order valence-electron chi connectivity index (χ1n) is 9.12. The van der Waals surface area contributed by atoms with Crippen molar-refractivity contribution >= 4 is 29.7 Å². The van der Waals surface area contributed by atoms with Crippen LogP contribution in [0.2, 0.25) is 5.02 Å². The van der Waals surface area contributed by atoms with Crippen LogP contribution in [-0.2, 0) is 13.0 Å². The summed E-state index contributed by atoms with van der Waals surface area (Å²) in [4.78, 5) is 20.0. The average molecular weight is 411 g/mol. The lowest BCUT2D eigenvalue weighted by molar-refractivity contribution is 0.0696. The molecule has 29 heavy (non-hydrogen) atoms. The van der Waals surface area contributed by atoms with Gasteiger partial charge in [0, 0.05) is 11.6 Å². The minimum absolute atomic E-state index is 0.225. The SMILES string of the molecule is O=C(O)c1cc(CCn2cnc3c2NC=NCC3O)cc(-c2cccc(Cl)c2)c1. The number of rotatable bonds is 5. The van der Waals surface area contributed by atoms with E-state index >= 15 is 0 Å². The molecule has 1 atom stereocenters. The number of aromatic nitrogens is 2. The maximum Gasteiger partial charge on any atom is 0.335 e. The number of benzene rings is 2. The molecule has 3 N–H and O–H groups in total. The van der Waals surface area contributed by atoms with Gasteiger partial charge in [-0.2, -0.15) is 0 Å². The van der Waals surface area contributed by atoms with Crippen LogP contribution in [0.4, 0.5) is 5.82 Å². The van der Waals surface area contributed by atoms with Crippen LogP contribution in [0.15, 0.2) is 53.8 Å². The van der Waals surface area contributed by atoms with E-state index in [-0.39, 0.29) is 12.1 Å². The second-order valence-corrected chi connectivity index (χ2v) is 7.25. The Bertz CT molecular complexity index is 1090. The van der Waals surface area contributed by atoms with Crippen LogP contribution in [-0.4, -0.2) is 38.6 Å². The molecule has 8 heteroatoms. The smallest absolute Gasteiger partial charge is 0.335 e. The Morgan fingerprint density at radius 2 is 2.10 bits per heavy atom. The number of aryl methyl sites for hydroxylation is 2. The van der Waals surface area contributed by atoms with Crippen LogP contribution < -0.4 is 5.32 Å². The van der Waals surface area contributed by atoms with E-state index in [1.165, 1.54) is 0 Å². The van der Waals surface area contributed by atoms with Crippen molar-refractivity contribution in [1.29, 1.82) is 0 Å². The number of fused-ring (bicyclic) bond motifs is 1. The predicted octanol–water partition coefficient (Wildman–Crippen LogP) is 3.63. The minimum atomic E-state index is -0.979. The zero-order valence-electron chi connectivity index (χ0n) is 15.4. The number of aliphatic imine (C=N–C) groups is 1. The molecule has 0 amide bonds. The third-order valence-corrected chi connectivity index (χ3v) is 5.03. The number of hydrogen-bond acceptors (Lipinski definition) is 5. The van der Waals surface area contributed by atoms with E-state index in [4.69, 9.17) is 11.6 Å². The van der Waals surface area contributed by atoms with Gasteiger partial charge < -0.3 is 20.1 Å². The Kier molecular flexibility index (Phi) is 5.33. The summed E-state index contributed by atoms with van der Waals surface area (Å²) >= 11 is 6.09. The zero-order chi connectivity index (χ0) is 20.4. The Morgan fingerprint density at radius 3 is 2.90 bits per heavy atom. The molecule has 4 rings (SSSR count). The molecule has 0 bridgehead atoms. The number of nitrogens with zero attached hydrogens (tertiary/aromatic N) is 3. The number of halogens is 1. The third kappa shape index (κ3) is 4.16. The molecule has 1 unspecified atom stereocenters. The number of carboxylic acid groups (broad SMARTS) is 1. The Labute approximate surface area is 172 Å². The predicted molar refractivity (Wildman–Crippen MR) is 112 cm³/mol. The highest BCUT2D eigenvalue weighted by atomic mass is 35.5. The molecular weight excluding hydrogens is 392 g/mol. The van der Waals surface area contributed by atoms with Gasteiger partial charge >= 0.3 is 5.97 Å². The number of aliphatic hydroxyl groups excluding tert-OH is 1. The zero-order valence-corrected chi connectivity index (χ0v) is 16.2. The number of aromatic carboxylic acids is 1. The standard InChI is InChI=1S/C21H19ClN4O3/c22-17-3-1-2-14(9-17)15-6-13(7-16(8-15)21(28)29)4-5-26-12-25-19-18(27)10-23-11-24-20(19)26/h1-3,6-9,11-12,18,27H,4-5,10H2,(H,23,24)(H,28,29). The summed E-state index contributed by atoms with van der Waals surface area (Å²) in [6, 6.07) is 12.6. The van der Waals surface area contributed by atoms with Crippen molar-refractivity contribution in [2.24, 2.45) is 4.99 Å². The number of imidazole rings is 1. The number of aliphatic hydroxyl groups is 1. The molecule has 1 aromatic heterocycles. The first-order chi connectivity index (χ1) is 14.0. The van der Waals surface area contributed by atoms with Gasteiger partial charge in [0.25, 0.3) is 0 Å². The molecule has 0 aliphatic carbocycles. The van der Waals surface area contributed by atoms with E-state index in [1.54, 1.807) is 30.9 Å². The van der Waals surface area contributed by atoms with Gasteiger partial charge in [0.2, 0.25) is 0 Å². The maximum atomic E-state index is 11.6. The van der Waals surface area contributed by atoms with Crippen LogP contribution in [0.3, 0.4) is 0 Å². The summed E-state index contributed by atoms with van der Waals surface area (Å²) in [7, 11) is 0. The lowest BCUT2D eigenvalue weighted by Gasteiger charge is -2.11. The summed E-state index contributed by atoms with van der Waals surface area (Å²) in [6.45, 7) is 0.828. The van der Waals surface area contributed by atoms with Crippen molar-refractivity contribution in [1.82, 2.24) is 9.55 Å². The van der Waals surface area contributed by atoms with Crippen molar-refractivity contribution in [2.45, 2.75) is 19.1 Å². The second kappa shape index (κ2) is 8.06. The average Bonchev–Trinajstić information content (AvgIpc) is 3.03. The van der Waals surface area contributed by atoms with E-state index in [2.05, 4.69) is 15.3 Å². The van der Waals surface area contributed by atoms with E-state index < -0.39 is 12.1 Å². The van der Waals surface area contributed by atoms with Gasteiger partial charge in [0.15, 0.2) is 0 Å². The molecule has 0 spiro atoms. The normalized spacial score (nSPS) is 15.4. The van der Waals surface area contributed by atoms with Crippen molar-refractivity contribution in [3.05, 3.63) is 70.6 Å². The van der Waals surface area contributed by atoms with Gasteiger partial charge in [0.1, 0.15) is 17.6 Å². The number of nitrogens with one attached hydrogen (secondary N) is 1. The maximum absolute atomic E-state index is 11.6. The molecule has 3 aromatic rings. The quantitative estimate of drug-likeness (QED) is 0.596. The Morgan fingerprint density at radius 1 is 1.24 bits per heavy atom. The number of anilines is 1. The molecule has 2 heterocycles. The summed E-state index contributed by atoms with van der Waals surface area (Å²) in [5.41, 5.74) is 3.32. The van der Waals surface area contributed by atoms with E-state index in [1.807, 2.05) is 28.8 Å². The van der Waals surface area contributed by atoms with Crippen molar-refractivity contribution in [3.63, 3.8) is 0 Å². The first-order valence-corrected chi connectivity index (χ1v) is 9.50. The fourth-order valence-corrected chi connectivity index (χ4v) is 3.55. The van der Waals surface area contributed by atoms with Crippen molar-refractivity contribution in [2.75, 3.05) is 11.9 Å². The topological polar surface area (TPSA) is 99.7 Å². The number of carbonyl (C=O) groups is 1. The molecule has 0 fully saturated rings. The van der Waals surface area contributed by atoms with Crippen molar-refractivity contribution < 1.29 is 15.0 Å². The van der Waals surface area contributed by atoms with Gasteiger partial charge in [0.05, 0.1) is 24.8 Å². The van der Waals surface area contributed by atoms with Gasteiger partial charge in [-0.3, -0.25) is 4.99 Å². The van der Waals surface area contributed by atoms with E-state index in [0.29, 0.717) is 29.5 Å². The second-order valence-electron chi connectivity index (χ2n) is 6.81. The molecule has 0 saturated carbocycles. The largest absolute Gasteiger partial charge is 0.478 e. The van der Waals surface area contributed by atoms with Gasteiger partial charge in [-0.25, -0.2) is 9.78 Å². The highest BCUT2D eigenvalue weighted by Crippen LogP contribution is 2.27.